The Hall–Kier alpha value is -3.34. The number of hydrogen-bond acceptors (Lipinski definition) is 6. The fourth-order valence-corrected chi connectivity index (χ4v) is 5.01. The number of sulfonamides is 1. The average molecular weight is 526 g/mol. The van der Waals surface area contributed by atoms with Crippen molar-refractivity contribution < 1.29 is 26.0 Å². The van der Waals surface area contributed by atoms with Crippen LogP contribution in [-0.2, 0) is 10.0 Å². The van der Waals surface area contributed by atoms with Crippen molar-refractivity contribution in [3.63, 3.8) is 0 Å². The highest BCUT2D eigenvalue weighted by Gasteiger charge is 2.39. The quantitative estimate of drug-likeness (QED) is 0.427. The largest absolute Gasteiger partial charge is 0.404 e. The van der Waals surface area contributed by atoms with Gasteiger partial charge in [-0.3, -0.25) is 9.55 Å². The van der Waals surface area contributed by atoms with Gasteiger partial charge in [-0.15, -0.1) is 0 Å². The molecule has 0 radical (unpaired) electrons. The molecule has 13 heteroatoms. The number of nitriles is 1. The average Bonchev–Trinajstić information content (AvgIpc) is 3.09. The Morgan fingerprint density at radius 1 is 1.37 bits per heavy atom. The lowest BCUT2D eigenvalue weighted by Crippen LogP contribution is -2.42. The van der Waals surface area contributed by atoms with Crippen LogP contribution >= 0.6 is 11.8 Å². The van der Waals surface area contributed by atoms with Gasteiger partial charge in [-0.25, -0.2) is 12.8 Å². The first-order valence-electron chi connectivity index (χ1n) is 9.85. The van der Waals surface area contributed by atoms with Crippen LogP contribution in [0, 0.1) is 24.1 Å². The third kappa shape index (κ3) is 5.04. The molecule has 2 aromatic heterocycles. The van der Waals surface area contributed by atoms with E-state index in [2.05, 4.69) is 11.6 Å². The SMILES string of the molecule is C=CS/C(=C\N)n1c(-c2ccc(S(=O)(=O)N[C@@H](C)C(F)(F)F)cn2)c(C#N)c2cc(F)c(C)cc21. The number of benzene rings is 1. The Labute approximate surface area is 203 Å². The summed E-state index contributed by atoms with van der Waals surface area (Å²) in [5.74, 6) is -0.536. The lowest BCUT2D eigenvalue weighted by Gasteiger charge is -2.17. The minimum absolute atomic E-state index is 0.0508. The lowest BCUT2D eigenvalue weighted by atomic mass is 10.1. The molecule has 2 heterocycles. The Balaban J connectivity index is 2.23. The number of pyridine rings is 1. The fraction of sp³-hybridized carbons (Fsp3) is 0.182. The number of nitrogens with zero attached hydrogens (tertiary/aromatic N) is 3. The highest BCUT2D eigenvalue weighted by Crippen LogP contribution is 2.39. The van der Waals surface area contributed by atoms with E-state index >= 15 is 0 Å². The Bertz CT molecular complexity index is 1470. The maximum Gasteiger partial charge on any atom is 0.404 e. The number of nitrogens with one attached hydrogen (secondary N) is 1. The third-order valence-corrected chi connectivity index (χ3v) is 7.29. The zero-order valence-corrected chi connectivity index (χ0v) is 20.0. The van der Waals surface area contributed by atoms with Crippen LogP contribution in [0.25, 0.3) is 27.3 Å². The molecule has 3 N–H and O–H groups in total. The van der Waals surface area contributed by atoms with Gasteiger partial charge in [0, 0.05) is 17.8 Å². The summed E-state index contributed by atoms with van der Waals surface area (Å²) in [7, 11) is -4.54. The maximum absolute atomic E-state index is 14.4. The van der Waals surface area contributed by atoms with Crippen LogP contribution < -0.4 is 10.5 Å². The lowest BCUT2D eigenvalue weighted by molar-refractivity contribution is -0.147. The fourth-order valence-electron chi connectivity index (χ4n) is 3.29. The number of aryl methyl sites for hydroxylation is 1. The molecule has 184 valence electrons. The summed E-state index contributed by atoms with van der Waals surface area (Å²) in [4.78, 5) is 3.60. The predicted octanol–water partition coefficient (Wildman–Crippen LogP) is 4.84. The van der Waals surface area contributed by atoms with Crippen molar-refractivity contribution in [1.82, 2.24) is 14.3 Å². The van der Waals surface area contributed by atoms with E-state index in [9.17, 15) is 31.2 Å². The number of alkyl halides is 3. The van der Waals surface area contributed by atoms with Crippen molar-refractivity contribution >= 4 is 37.7 Å². The van der Waals surface area contributed by atoms with Gasteiger partial charge < -0.3 is 5.73 Å². The molecule has 1 atom stereocenters. The van der Waals surface area contributed by atoms with Gasteiger partial charge in [0.05, 0.1) is 27.5 Å². The van der Waals surface area contributed by atoms with E-state index in [0.29, 0.717) is 23.0 Å². The van der Waals surface area contributed by atoms with Gasteiger partial charge in [-0.1, -0.05) is 18.3 Å². The van der Waals surface area contributed by atoms with E-state index in [0.717, 1.165) is 24.0 Å². The summed E-state index contributed by atoms with van der Waals surface area (Å²) < 4.78 is 80.7. The summed E-state index contributed by atoms with van der Waals surface area (Å²) in [6.07, 6.45) is -2.64. The van der Waals surface area contributed by atoms with E-state index in [4.69, 9.17) is 5.73 Å². The van der Waals surface area contributed by atoms with E-state index in [-0.39, 0.29) is 22.3 Å². The molecule has 0 fully saturated rings. The molecule has 3 rings (SSSR count). The van der Waals surface area contributed by atoms with Gasteiger partial charge in [0.15, 0.2) is 0 Å². The van der Waals surface area contributed by atoms with E-state index in [1.807, 2.05) is 6.07 Å². The summed E-state index contributed by atoms with van der Waals surface area (Å²) in [5.41, 5.74) is 6.92. The normalized spacial score (nSPS) is 13.6. The number of aromatic nitrogens is 2. The summed E-state index contributed by atoms with van der Waals surface area (Å²) >= 11 is 1.12. The summed E-state index contributed by atoms with van der Waals surface area (Å²) in [6.45, 7) is 5.88. The second kappa shape index (κ2) is 9.73. The zero-order chi connectivity index (χ0) is 26.1. The highest BCUT2D eigenvalue weighted by atomic mass is 32.2. The molecule has 0 saturated carbocycles. The van der Waals surface area contributed by atoms with Crippen molar-refractivity contribution in [2.45, 2.75) is 31.0 Å². The number of fused-ring (bicyclic) bond motifs is 1. The van der Waals surface area contributed by atoms with Crippen molar-refractivity contribution in [1.29, 1.82) is 5.26 Å². The summed E-state index contributed by atoms with van der Waals surface area (Å²) in [6, 6.07) is 4.76. The second-order valence-corrected chi connectivity index (χ2v) is 10.0. The molecule has 35 heavy (non-hydrogen) atoms. The molecule has 3 aromatic rings. The topological polar surface area (TPSA) is 114 Å². The van der Waals surface area contributed by atoms with Crippen molar-refractivity contribution in [3.05, 3.63) is 65.6 Å². The first-order valence-corrected chi connectivity index (χ1v) is 12.2. The number of rotatable bonds is 7. The molecular formula is C22H19F4N5O2S2. The molecule has 0 aliphatic heterocycles. The standard InChI is InChI=1S/C22H19F4N5O2S2/c1-4-34-20(10-28)31-19-7-12(2)17(23)8-15(19)16(9-27)21(31)18-6-5-14(11-29-18)35(32,33)30-13(3)22(24,25)26/h4-8,10-11,13,30H,1,28H2,2-3H3/b20-10-/t13-/m0/s1. The van der Waals surface area contributed by atoms with Gasteiger partial charge in [-0.2, -0.15) is 23.2 Å². The van der Waals surface area contributed by atoms with Crippen LogP contribution in [0.1, 0.15) is 18.1 Å². The zero-order valence-electron chi connectivity index (χ0n) is 18.4. The number of nitrogens with two attached hydrogens (primary N) is 1. The van der Waals surface area contributed by atoms with Gasteiger partial charge in [-0.05, 0) is 49.1 Å². The van der Waals surface area contributed by atoms with Gasteiger partial charge in [0.2, 0.25) is 10.0 Å². The van der Waals surface area contributed by atoms with Crippen LogP contribution in [0.2, 0.25) is 0 Å². The molecule has 0 spiro atoms. The predicted molar refractivity (Wildman–Crippen MR) is 127 cm³/mol. The minimum Gasteiger partial charge on any atom is -0.402 e. The van der Waals surface area contributed by atoms with Gasteiger partial charge >= 0.3 is 6.18 Å². The van der Waals surface area contributed by atoms with E-state index in [1.165, 1.54) is 29.8 Å². The molecule has 0 aliphatic carbocycles. The number of hydrogen-bond donors (Lipinski definition) is 2. The number of thioether (sulfide) groups is 1. The first-order chi connectivity index (χ1) is 16.3. The van der Waals surface area contributed by atoms with Crippen LogP contribution in [0.5, 0.6) is 0 Å². The smallest absolute Gasteiger partial charge is 0.402 e. The summed E-state index contributed by atoms with van der Waals surface area (Å²) in [5, 5.41) is 12.1. The van der Waals surface area contributed by atoms with Crippen LogP contribution in [0.3, 0.4) is 0 Å². The third-order valence-electron chi connectivity index (χ3n) is 5.04. The van der Waals surface area contributed by atoms with Crippen molar-refractivity contribution in [2.75, 3.05) is 0 Å². The minimum atomic E-state index is -4.77. The Morgan fingerprint density at radius 3 is 2.57 bits per heavy atom. The van der Waals surface area contributed by atoms with E-state index < -0.39 is 33.0 Å². The highest BCUT2D eigenvalue weighted by molar-refractivity contribution is 8.10. The van der Waals surface area contributed by atoms with Crippen LogP contribution in [0.15, 0.2) is 53.5 Å². The van der Waals surface area contributed by atoms with Crippen molar-refractivity contribution in [2.24, 2.45) is 5.73 Å². The molecule has 0 amide bonds. The molecule has 0 aliphatic rings. The number of halogens is 4. The van der Waals surface area contributed by atoms with E-state index in [1.54, 1.807) is 16.2 Å². The molecule has 0 bridgehead atoms. The molecule has 7 nitrogen and oxygen atoms in total. The first kappa shape index (κ1) is 26.3. The Kier molecular flexibility index (Phi) is 7.30. The molecule has 0 saturated heterocycles. The Morgan fingerprint density at radius 2 is 2.06 bits per heavy atom. The van der Waals surface area contributed by atoms with Crippen molar-refractivity contribution in [3.8, 4) is 17.5 Å². The molecule has 0 unspecified atom stereocenters. The molecule has 1 aromatic carbocycles. The molecular weight excluding hydrogens is 506 g/mol. The maximum atomic E-state index is 14.4. The monoisotopic (exact) mass is 525 g/mol. The van der Waals surface area contributed by atoms with Crippen LogP contribution in [0.4, 0.5) is 17.6 Å². The second-order valence-electron chi connectivity index (χ2n) is 7.34. The van der Waals surface area contributed by atoms with Gasteiger partial charge in [0.1, 0.15) is 22.8 Å². The van der Waals surface area contributed by atoms with Gasteiger partial charge in [0.25, 0.3) is 0 Å². The van der Waals surface area contributed by atoms with Crippen LogP contribution in [-0.4, -0.2) is 30.2 Å².